The lowest BCUT2D eigenvalue weighted by Gasteiger charge is -2.25. The molecule has 0 spiro atoms. The van der Waals surface area contributed by atoms with Crippen LogP contribution in [0, 0.1) is 5.92 Å². The Morgan fingerprint density at radius 2 is 2.11 bits per heavy atom. The van der Waals surface area contributed by atoms with E-state index in [0.29, 0.717) is 6.04 Å². The first kappa shape index (κ1) is 15.7. The van der Waals surface area contributed by atoms with Gasteiger partial charge in [0.15, 0.2) is 5.96 Å². The molecule has 1 rings (SSSR count). The lowest BCUT2D eigenvalue weighted by molar-refractivity contribution is 0.501. The summed E-state index contributed by atoms with van der Waals surface area (Å²) in [7, 11) is 0. The van der Waals surface area contributed by atoms with Crippen LogP contribution in [0.4, 0.5) is 0 Å². The summed E-state index contributed by atoms with van der Waals surface area (Å²) >= 11 is 2.05. The fourth-order valence-corrected chi connectivity index (χ4v) is 3.21. The summed E-state index contributed by atoms with van der Waals surface area (Å²) in [6, 6.07) is 0.600. The molecule has 1 saturated heterocycles. The second-order valence-electron chi connectivity index (χ2n) is 4.96. The van der Waals surface area contributed by atoms with Crippen molar-refractivity contribution in [2.75, 3.05) is 24.6 Å². The summed E-state index contributed by atoms with van der Waals surface area (Å²) in [6.07, 6.45) is 5.05. The lowest BCUT2D eigenvalue weighted by atomic mass is 10.0. The Morgan fingerprint density at radius 1 is 1.33 bits per heavy atom. The van der Waals surface area contributed by atoms with Gasteiger partial charge in [0, 0.05) is 24.9 Å². The SMILES string of the molecule is CCNC(=NCC(CC)CC)NC1CCCSC1. The van der Waals surface area contributed by atoms with Crippen LogP contribution in [0.5, 0.6) is 0 Å². The van der Waals surface area contributed by atoms with Crippen LogP contribution < -0.4 is 10.6 Å². The van der Waals surface area contributed by atoms with Gasteiger partial charge in [-0.1, -0.05) is 26.7 Å². The topological polar surface area (TPSA) is 36.4 Å². The van der Waals surface area contributed by atoms with E-state index in [9.17, 15) is 0 Å². The van der Waals surface area contributed by atoms with Crippen molar-refractivity contribution >= 4 is 17.7 Å². The molecule has 4 heteroatoms. The number of aliphatic imine (C=N–C) groups is 1. The number of rotatable bonds is 6. The first-order valence-corrected chi connectivity index (χ1v) is 8.58. The molecule has 0 radical (unpaired) electrons. The van der Waals surface area contributed by atoms with Crippen LogP contribution in [0.2, 0.25) is 0 Å². The summed E-state index contributed by atoms with van der Waals surface area (Å²) < 4.78 is 0. The minimum absolute atomic E-state index is 0.600. The van der Waals surface area contributed by atoms with Gasteiger partial charge < -0.3 is 10.6 Å². The normalized spacial score (nSPS) is 21.1. The van der Waals surface area contributed by atoms with Gasteiger partial charge in [-0.25, -0.2) is 0 Å². The maximum atomic E-state index is 4.73. The predicted molar refractivity (Wildman–Crippen MR) is 83.5 cm³/mol. The van der Waals surface area contributed by atoms with Gasteiger partial charge in [-0.2, -0.15) is 11.8 Å². The quantitative estimate of drug-likeness (QED) is 0.576. The molecular formula is C14H29N3S. The van der Waals surface area contributed by atoms with E-state index in [2.05, 4.69) is 43.2 Å². The van der Waals surface area contributed by atoms with Crippen LogP contribution in [0.3, 0.4) is 0 Å². The van der Waals surface area contributed by atoms with Crippen LogP contribution >= 0.6 is 11.8 Å². The zero-order valence-corrected chi connectivity index (χ0v) is 13.0. The fourth-order valence-electron chi connectivity index (χ4n) is 2.14. The van der Waals surface area contributed by atoms with Crippen molar-refractivity contribution in [3.8, 4) is 0 Å². The van der Waals surface area contributed by atoms with E-state index < -0.39 is 0 Å². The van der Waals surface area contributed by atoms with Gasteiger partial charge in [-0.3, -0.25) is 4.99 Å². The van der Waals surface area contributed by atoms with Crippen LogP contribution in [0.1, 0.15) is 46.5 Å². The van der Waals surface area contributed by atoms with Crippen molar-refractivity contribution in [3.05, 3.63) is 0 Å². The highest BCUT2D eigenvalue weighted by molar-refractivity contribution is 7.99. The number of hydrogen-bond acceptors (Lipinski definition) is 2. The first-order valence-electron chi connectivity index (χ1n) is 7.42. The molecule has 2 N–H and O–H groups in total. The molecular weight excluding hydrogens is 242 g/mol. The van der Waals surface area contributed by atoms with Gasteiger partial charge in [0.05, 0.1) is 0 Å². The first-order chi connectivity index (χ1) is 8.80. The van der Waals surface area contributed by atoms with Gasteiger partial charge in [0.25, 0.3) is 0 Å². The number of thioether (sulfide) groups is 1. The standard InChI is InChI=1S/C14H29N3S/c1-4-12(5-2)10-16-14(15-6-3)17-13-8-7-9-18-11-13/h12-13H,4-11H2,1-3H3,(H2,15,16,17). The zero-order chi connectivity index (χ0) is 13.2. The van der Waals surface area contributed by atoms with Crippen molar-refractivity contribution in [2.24, 2.45) is 10.9 Å². The number of guanidine groups is 1. The molecule has 1 atom stereocenters. The van der Waals surface area contributed by atoms with Crippen molar-refractivity contribution < 1.29 is 0 Å². The molecule has 1 aliphatic heterocycles. The smallest absolute Gasteiger partial charge is 0.191 e. The van der Waals surface area contributed by atoms with Crippen LogP contribution in [0.25, 0.3) is 0 Å². The molecule has 1 aliphatic rings. The van der Waals surface area contributed by atoms with Gasteiger partial charge in [0.1, 0.15) is 0 Å². The summed E-state index contributed by atoms with van der Waals surface area (Å²) in [6.45, 7) is 8.52. The zero-order valence-electron chi connectivity index (χ0n) is 12.2. The Hall–Kier alpha value is -0.380. The van der Waals surface area contributed by atoms with Crippen molar-refractivity contribution in [1.82, 2.24) is 10.6 Å². The molecule has 0 aromatic heterocycles. The Morgan fingerprint density at radius 3 is 2.67 bits per heavy atom. The van der Waals surface area contributed by atoms with Gasteiger partial charge in [-0.05, 0) is 31.4 Å². The van der Waals surface area contributed by atoms with E-state index in [1.165, 1.54) is 37.2 Å². The van der Waals surface area contributed by atoms with Crippen LogP contribution in [-0.4, -0.2) is 36.6 Å². The van der Waals surface area contributed by atoms with Crippen molar-refractivity contribution in [2.45, 2.75) is 52.5 Å². The predicted octanol–water partition coefficient (Wildman–Crippen LogP) is 2.87. The number of nitrogens with zero attached hydrogens (tertiary/aromatic N) is 1. The third kappa shape index (κ3) is 5.98. The highest BCUT2D eigenvalue weighted by Gasteiger charge is 2.14. The molecule has 1 heterocycles. The van der Waals surface area contributed by atoms with Crippen LogP contribution in [-0.2, 0) is 0 Å². The highest BCUT2D eigenvalue weighted by atomic mass is 32.2. The molecule has 106 valence electrons. The molecule has 1 fully saturated rings. The third-order valence-corrected chi connectivity index (χ3v) is 4.72. The average Bonchev–Trinajstić information content (AvgIpc) is 2.41. The Bertz CT molecular complexity index is 233. The maximum Gasteiger partial charge on any atom is 0.191 e. The highest BCUT2D eigenvalue weighted by Crippen LogP contribution is 2.16. The minimum atomic E-state index is 0.600. The largest absolute Gasteiger partial charge is 0.357 e. The van der Waals surface area contributed by atoms with E-state index >= 15 is 0 Å². The second-order valence-corrected chi connectivity index (χ2v) is 6.11. The Balaban J connectivity index is 2.43. The molecule has 0 saturated carbocycles. The van der Waals surface area contributed by atoms with E-state index in [4.69, 9.17) is 4.99 Å². The minimum Gasteiger partial charge on any atom is -0.357 e. The van der Waals surface area contributed by atoms with E-state index in [1.807, 2.05) is 0 Å². The number of nitrogens with one attached hydrogen (secondary N) is 2. The maximum absolute atomic E-state index is 4.73. The molecule has 3 nitrogen and oxygen atoms in total. The van der Waals surface area contributed by atoms with Gasteiger partial charge in [0.2, 0.25) is 0 Å². The second kappa shape index (κ2) is 9.54. The molecule has 1 unspecified atom stereocenters. The molecule has 0 aliphatic carbocycles. The lowest BCUT2D eigenvalue weighted by Crippen LogP contribution is -2.45. The van der Waals surface area contributed by atoms with Gasteiger partial charge >= 0.3 is 0 Å². The average molecular weight is 271 g/mol. The third-order valence-electron chi connectivity index (χ3n) is 3.51. The van der Waals surface area contributed by atoms with Crippen molar-refractivity contribution in [1.29, 1.82) is 0 Å². The van der Waals surface area contributed by atoms with Crippen LogP contribution in [0.15, 0.2) is 4.99 Å². The number of hydrogen-bond donors (Lipinski definition) is 2. The Kier molecular flexibility index (Phi) is 8.31. The molecule has 0 bridgehead atoms. The van der Waals surface area contributed by atoms with E-state index in [0.717, 1.165) is 25.0 Å². The Labute approximate surface area is 117 Å². The van der Waals surface area contributed by atoms with Crippen molar-refractivity contribution in [3.63, 3.8) is 0 Å². The summed E-state index contributed by atoms with van der Waals surface area (Å²) in [5.41, 5.74) is 0. The molecule has 18 heavy (non-hydrogen) atoms. The molecule has 0 aromatic carbocycles. The summed E-state index contributed by atoms with van der Waals surface area (Å²) in [4.78, 5) is 4.73. The molecule has 0 amide bonds. The fraction of sp³-hybridized carbons (Fsp3) is 0.929. The van der Waals surface area contributed by atoms with E-state index in [-0.39, 0.29) is 0 Å². The van der Waals surface area contributed by atoms with Gasteiger partial charge in [-0.15, -0.1) is 0 Å². The monoisotopic (exact) mass is 271 g/mol. The molecule has 0 aromatic rings. The summed E-state index contributed by atoms with van der Waals surface area (Å²) in [5.74, 6) is 4.27. The summed E-state index contributed by atoms with van der Waals surface area (Å²) in [5, 5.41) is 6.94. The van der Waals surface area contributed by atoms with E-state index in [1.54, 1.807) is 0 Å².